The van der Waals surface area contributed by atoms with E-state index in [9.17, 15) is 5.11 Å². The molecule has 2 heterocycles. The minimum absolute atomic E-state index is 0. The molecule has 140 valence electrons. The number of aliphatic hydroxyl groups is 1. The van der Waals surface area contributed by atoms with Crippen LogP contribution in [0.3, 0.4) is 0 Å². The molecule has 0 aromatic carbocycles. The van der Waals surface area contributed by atoms with E-state index in [1.165, 1.54) is 0 Å². The minimum Gasteiger partial charge on any atom is -0.392 e. The SMILES string of the molecule is CC[C@H](C)Nc1nc(NC)c2nc(NC[C@@H](C)O)nc(NC)c2n1.Cl. The molecule has 9 nitrogen and oxygen atoms in total. The summed E-state index contributed by atoms with van der Waals surface area (Å²) in [5, 5.41) is 21.8. The highest BCUT2D eigenvalue weighted by Gasteiger charge is 2.15. The summed E-state index contributed by atoms with van der Waals surface area (Å²) in [6.07, 6.45) is 0.470. The van der Waals surface area contributed by atoms with Crippen LogP contribution in [0.1, 0.15) is 27.2 Å². The standard InChI is InChI=1S/C15H26N8O.ClH/c1-6-8(2)19-15-21-11-10(13(17-5)23-15)20-14(18-7-9(3)24)22-12(11)16-4;/h8-9,24H,6-7H2,1-5H3,(H2,16,18,20,22)(H2,17,19,21,23);1H/t8-,9+;/m0./s1. The Morgan fingerprint density at radius 3 is 1.92 bits per heavy atom. The molecule has 25 heavy (non-hydrogen) atoms. The van der Waals surface area contributed by atoms with Gasteiger partial charge in [0.1, 0.15) is 11.0 Å². The van der Waals surface area contributed by atoms with E-state index in [0.29, 0.717) is 41.1 Å². The van der Waals surface area contributed by atoms with Crippen molar-refractivity contribution in [2.75, 3.05) is 41.9 Å². The zero-order valence-electron chi connectivity index (χ0n) is 15.2. The highest BCUT2D eigenvalue weighted by atomic mass is 35.5. The Morgan fingerprint density at radius 2 is 1.44 bits per heavy atom. The number of nitrogens with one attached hydrogen (secondary N) is 4. The minimum atomic E-state index is -0.496. The second-order valence-corrected chi connectivity index (χ2v) is 5.67. The van der Waals surface area contributed by atoms with Gasteiger partial charge in [-0.15, -0.1) is 12.4 Å². The zero-order valence-corrected chi connectivity index (χ0v) is 16.0. The van der Waals surface area contributed by atoms with Gasteiger partial charge in [-0.1, -0.05) is 6.92 Å². The lowest BCUT2D eigenvalue weighted by atomic mass is 10.3. The molecule has 0 fully saturated rings. The second kappa shape index (κ2) is 9.38. The van der Waals surface area contributed by atoms with Crippen molar-refractivity contribution >= 4 is 47.0 Å². The first-order valence-corrected chi connectivity index (χ1v) is 8.12. The summed E-state index contributed by atoms with van der Waals surface area (Å²) in [5.74, 6) is 2.16. The molecule has 2 rings (SSSR count). The third kappa shape index (κ3) is 5.17. The molecule has 2 aromatic rings. The topological polar surface area (TPSA) is 120 Å². The Morgan fingerprint density at radius 1 is 0.920 bits per heavy atom. The molecular formula is C15H27ClN8O. The summed E-state index contributed by atoms with van der Waals surface area (Å²) >= 11 is 0. The van der Waals surface area contributed by atoms with Gasteiger partial charge < -0.3 is 26.4 Å². The lowest BCUT2D eigenvalue weighted by Crippen LogP contribution is -2.18. The quantitative estimate of drug-likeness (QED) is 0.474. The van der Waals surface area contributed by atoms with E-state index in [0.717, 1.165) is 6.42 Å². The van der Waals surface area contributed by atoms with Crippen LogP contribution < -0.4 is 21.3 Å². The van der Waals surface area contributed by atoms with Crippen LogP contribution >= 0.6 is 12.4 Å². The smallest absolute Gasteiger partial charge is 0.225 e. The van der Waals surface area contributed by atoms with Crippen molar-refractivity contribution < 1.29 is 5.11 Å². The summed E-state index contributed by atoms with van der Waals surface area (Å²) in [5.41, 5.74) is 1.24. The number of aromatic nitrogens is 4. The first kappa shape index (κ1) is 20.9. The number of hydrogen-bond acceptors (Lipinski definition) is 9. The Labute approximate surface area is 153 Å². The first-order valence-electron chi connectivity index (χ1n) is 8.12. The number of anilines is 4. The first-order chi connectivity index (χ1) is 11.5. The fraction of sp³-hybridized carbons (Fsp3) is 0.600. The van der Waals surface area contributed by atoms with Crippen LogP contribution in [0.4, 0.5) is 23.5 Å². The van der Waals surface area contributed by atoms with Gasteiger partial charge in [0.15, 0.2) is 11.6 Å². The van der Waals surface area contributed by atoms with Crippen LogP contribution in [-0.2, 0) is 0 Å². The molecule has 2 aromatic heterocycles. The third-order valence-corrected chi connectivity index (χ3v) is 3.56. The number of hydrogen-bond donors (Lipinski definition) is 5. The van der Waals surface area contributed by atoms with Crippen molar-refractivity contribution in [3.8, 4) is 0 Å². The molecule has 0 unspecified atom stereocenters. The van der Waals surface area contributed by atoms with Crippen LogP contribution in [0, 0.1) is 0 Å². The summed E-state index contributed by atoms with van der Waals surface area (Å²) in [6, 6.07) is 0.262. The van der Waals surface area contributed by atoms with E-state index >= 15 is 0 Å². The van der Waals surface area contributed by atoms with Gasteiger partial charge in [0.2, 0.25) is 11.9 Å². The zero-order chi connectivity index (χ0) is 17.7. The summed E-state index contributed by atoms with van der Waals surface area (Å²) in [7, 11) is 3.57. The molecule has 0 radical (unpaired) electrons. The molecule has 0 saturated carbocycles. The average molecular weight is 371 g/mol. The van der Waals surface area contributed by atoms with Gasteiger partial charge in [-0.05, 0) is 20.3 Å². The molecule has 0 spiro atoms. The molecule has 0 aliphatic carbocycles. The van der Waals surface area contributed by atoms with E-state index in [1.807, 2.05) is 0 Å². The highest BCUT2D eigenvalue weighted by molar-refractivity contribution is 5.94. The molecule has 5 N–H and O–H groups in total. The number of nitrogens with zero attached hydrogens (tertiary/aromatic N) is 4. The van der Waals surface area contributed by atoms with Crippen LogP contribution in [0.2, 0.25) is 0 Å². The van der Waals surface area contributed by atoms with Crippen LogP contribution in [0.5, 0.6) is 0 Å². The van der Waals surface area contributed by atoms with Crippen molar-refractivity contribution in [2.24, 2.45) is 0 Å². The van der Waals surface area contributed by atoms with E-state index in [1.54, 1.807) is 21.0 Å². The molecule has 0 bridgehead atoms. The summed E-state index contributed by atoms with van der Waals surface area (Å²) in [4.78, 5) is 17.9. The van der Waals surface area contributed by atoms with Gasteiger partial charge in [0, 0.05) is 26.7 Å². The lowest BCUT2D eigenvalue weighted by molar-refractivity contribution is 0.208. The number of rotatable bonds is 8. The summed E-state index contributed by atoms with van der Waals surface area (Å²) < 4.78 is 0. The Balaban J connectivity index is 0.00000312. The fourth-order valence-electron chi connectivity index (χ4n) is 2.07. The van der Waals surface area contributed by atoms with E-state index in [4.69, 9.17) is 0 Å². The fourth-order valence-corrected chi connectivity index (χ4v) is 2.07. The van der Waals surface area contributed by atoms with Gasteiger partial charge in [-0.25, -0.2) is 9.97 Å². The largest absolute Gasteiger partial charge is 0.392 e. The van der Waals surface area contributed by atoms with Crippen LogP contribution in [-0.4, -0.2) is 57.8 Å². The van der Waals surface area contributed by atoms with Crippen molar-refractivity contribution in [1.82, 2.24) is 19.9 Å². The van der Waals surface area contributed by atoms with Crippen molar-refractivity contribution in [1.29, 1.82) is 0 Å². The van der Waals surface area contributed by atoms with E-state index in [2.05, 4.69) is 55.1 Å². The number of halogens is 1. The monoisotopic (exact) mass is 370 g/mol. The molecule has 10 heteroatoms. The van der Waals surface area contributed by atoms with Crippen LogP contribution in [0.15, 0.2) is 0 Å². The van der Waals surface area contributed by atoms with Crippen LogP contribution in [0.25, 0.3) is 11.0 Å². The molecular weight excluding hydrogens is 344 g/mol. The molecule has 0 aliphatic heterocycles. The summed E-state index contributed by atoms with van der Waals surface area (Å²) in [6.45, 7) is 6.23. The van der Waals surface area contributed by atoms with Gasteiger partial charge in [0.25, 0.3) is 0 Å². The Hall–Kier alpha value is -2.13. The lowest BCUT2D eigenvalue weighted by Gasteiger charge is -2.15. The maximum Gasteiger partial charge on any atom is 0.225 e. The van der Waals surface area contributed by atoms with E-state index in [-0.39, 0.29) is 18.4 Å². The molecule has 0 amide bonds. The van der Waals surface area contributed by atoms with E-state index < -0.39 is 6.10 Å². The Bertz CT molecular complexity index is 697. The highest BCUT2D eigenvalue weighted by Crippen LogP contribution is 2.26. The average Bonchev–Trinajstić information content (AvgIpc) is 2.58. The molecule has 0 aliphatic rings. The number of aliphatic hydroxyl groups excluding tert-OH is 1. The molecule has 2 atom stereocenters. The predicted molar refractivity (Wildman–Crippen MR) is 105 cm³/mol. The number of fused-ring (bicyclic) bond motifs is 1. The predicted octanol–water partition coefficient (Wildman–Crippen LogP) is 1.93. The second-order valence-electron chi connectivity index (χ2n) is 5.67. The van der Waals surface area contributed by atoms with Gasteiger partial charge in [-0.2, -0.15) is 9.97 Å². The maximum atomic E-state index is 9.42. The van der Waals surface area contributed by atoms with Gasteiger partial charge >= 0.3 is 0 Å². The van der Waals surface area contributed by atoms with Crippen molar-refractivity contribution in [3.05, 3.63) is 0 Å². The van der Waals surface area contributed by atoms with Crippen molar-refractivity contribution in [3.63, 3.8) is 0 Å². The maximum absolute atomic E-state index is 9.42. The Kier molecular flexibility index (Phi) is 7.85. The van der Waals surface area contributed by atoms with Crippen molar-refractivity contribution in [2.45, 2.75) is 39.3 Å². The molecule has 0 saturated heterocycles. The van der Waals surface area contributed by atoms with Gasteiger partial charge in [0.05, 0.1) is 6.10 Å². The normalized spacial score (nSPS) is 12.9. The van der Waals surface area contributed by atoms with Gasteiger partial charge in [-0.3, -0.25) is 0 Å². The third-order valence-electron chi connectivity index (χ3n) is 3.56.